The molecule has 0 bridgehead atoms. The summed E-state index contributed by atoms with van der Waals surface area (Å²) in [5, 5.41) is 8.79. The van der Waals surface area contributed by atoms with E-state index in [-0.39, 0.29) is 0 Å². The van der Waals surface area contributed by atoms with Gasteiger partial charge in [0.1, 0.15) is 11.5 Å². The number of benzene rings is 2. The minimum atomic E-state index is 0.475. The summed E-state index contributed by atoms with van der Waals surface area (Å²) in [6.07, 6.45) is 7.97. The monoisotopic (exact) mass is 387 g/mol. The molecule has 3 rings (SSSR count). The molecule has 0 atom stereocenters. The predicted octanol–water partition coefficient (Wildman–Crippen LogP) is 5.26. The fourth-order valence-electron chi connectivity index (χ4n) is 2.89. The molecule has 0 aromatic heterocycles. The minimum Gasteiger partial charge on any atom is -0.457 e. The summed E-state index contributed by atoms with van der Waals surface area (Å²) in [5.41, 5.74) is 3.84. The van der Waals surface area contributed by atoms with Gasteiger partial charge < -0.3 is 10.1 Å². The van der Waals surface area contributed by atoms with Crippen molar-refractivity contribution in [3.63, 3.8) is 0 Å². The molecule has 0 amide bonds. The first kappa shape index (κ1) is 18.7. The molecule has 2 N–H and O–H groups in total. The zero-order chi connectivity index (χ0) is 18.2. The number of rotatable bonds is 5. The molecule has 0 aliphatic heterocycles. The maximum atomic E-state index is 5.87. The van der Waals surface area contributed by atoms with E-state index in [2.05, 4.69) is 15.8 Å². The Kier molecular flexibility index (Phi) is 6.86. The third-order valence-corrected chi connectivity index (χ3v) is 4.71. The van der Waals surface area contributed by atoms with Crippen molar-refractivity contribution in [1.82, 2.24) is 10.7 Å². The highest BCUT2D eigenvalue weighted by Gasteiger charge is 2.13. The van der Waals surface area contributed by atoms with Gasteiger partial charge in [0, 0.05) is 11.1 Å². The summed E-state index contributed by atoms with van der Waals surface area (Å²) >= 11 is 11.2. The van der Waals surface area contributed by atoms with E-state index in [0.717, 1.165) is 17.1 Å². The lowest BCUT2D eigenvalue weighted by atomic mass is 9.96. The molecule has 136 valence electrons. The second-order valence-electron chi connectivity index (χ2n) is 6.30. The Bertz CT molecular complexity index is 741. The molecular formula is C20H22ClN3OS. The summed E-state index contributed by atoms with van der Waals surface area (Å²) in [5.74, 6) is 1.50. The Morgan fingerprint density at radius 2 is 1.62 bits per heavy atom. The topological polar surface area (TPSA) is 45.7 Å². The number of hydrogen-bond donors (Lipinski definition) is 2. The van der Waals surface area contributed by atoms with Crippen molar-refractivity contribution in [3.8, 4) is 11.5 Å². The molecular weight excluding hydrogens is 366 g/mol. The summed E-state index contributed by atoms with van der Waals surface area (Å²) < 4.78 is 5.77. The van der Waals surface area contributed by atoms with E-state index in [4.69, 9.17) is 28.6 Å². The Labute approximate surface area is 164 Å². The first-order valence-electron chi connectivity index (χ1n) is 8.82. The van der Waals surface area contributed by atoms with E-state index < -0.39 is 0 Å². The van der Waals surface area contributed by atoms with Crippen LogP contribution in [0.15, 0.2) is 53.6 Å². The van der Waals surface area contributed by atoms with Gasteiger partial charge in [-0.1, -0.05) is 30.9 Å². The lowest BCUT2D eigenvalue weighted by Crippen LogP contribution is -2.40. The molecule has 26 heavy (non-hydrogen) atoms. The molecule has 4 nitrogen and oxygen atoms in total. The zero-order valence-corrected chi connectivity index (χ0v) is 16.0. The molecule has 6 heteroatoms. The van der Waals surface area contributed by atoms with E-state index >= 15 is 0 Å². The molecule has 0 unspecified atom stereocenters. The van der Waals surface area contributed by atoms with Gasteiger partial charge in [-0.15, -0.1) is 0 Å². The molecule has 1 aliphatic rings. The minimum absolute atomic E-state index is 0.475. The average molecular weight is 388 g/mol. The van der Waals surface area contributed by atoms with E-state index in [9.17, 15) is 0 Å². The van der Waals surface area contributed by atoms with Crippen molar-refractivity contribution in [3.05, 3.63) is 59.1 Å². The molecule has 2 aromatic rings. The van der Waals surface area contributed by atoms with Crippen LogP contribution < -0.4 is 15.5 Å². The van der Waals surface area contributed by atoms with Crippen LogP contribution in [0.1, 0.15) is 37.7 Å². The van der Waals surface area contributed by atoms with Crippen molar-refractivity contribution < 1.29 is 4.74 Å². The second-order valence-corrected chi connectivity index (χ2v) is 7.15. The molecule has 0 radical (unpaired) electrons. The fraction of sp³-hybridized carbons (Fsp3) is 0.300. The highest BCUT2D eigenvalue weighted by Crippen LogP contribution is 2.23. The highest BCUT2D eigenvalue weighted by molar-refractivity contribution is 7.80. The van der Waals surface area contributed by atoms with Crippen molar-refractivity contribution in [2.75, 3.05) is 0 Å². The van der Waals surface area contributed by atoms with E-state index in [1.54, 1.807) is 18.3 Å². The van der Waals surface area contributed by atoms with Crippen LogP contribution in [0.2, 0.25) is 5.02 Å². The van der Waals surface area contributed by atoms with Crippen LogP contribution in [0.3, 0.4) is 0 Å². The number of halogens is 1. The number of nitrogens with zero attached hydrogens (tertiary/aromatic N) is 1. The summed E-state index contributed by atoms with van der Waals surface area (Å²) in [7, 11) is 0. The van der Waals surface area contributed by atoms with Crippen molar-refractivity contribution in [1.29, 1.82) is 0 Å². The standard InChI is InChI=1S/C20H22ClN3OS/c21-16-8-12-19(13-9-16)25-18-10-6-15(7-11-18)14-22-24-20(26)23-17-4-2-1-3-5-17/h6-14,17H,1-5H2,(H2,23,24,26)/b22-14+. The number of ether oxygens (including phenoxy) is 1. The molecule has 1 fully saturated rings. The third-order valence-electron chi connectivity index (χ3n) is 4.25. The first-order valence-corrected chi connectivity index (χ1v) is 9.61. The third kappa shape index (κ3) is 6.00. The fourth-order valence-corrected chi connectivity index (χ4v) is 3.24. The maximum absolute atomic E-state index is 5.87. The number of hydrogen-bond acceptors (Lipinski definition) is 3. The molecule has 1 aliphatic carbocycles. The highest BCUT2D eigenvalue weighted by atomic mass is 35.5. The van der Waals surface area contributed by atoms with Gasteiger partial charge in [-0.3, -0.25) is 5.43 Å². The Hall–Kier alpha value is -2.11. The molecule has 0 saturated heterocycles. The SMILES string of the molecule is S=C(N/N=C/c1ccc(Oc2ccc(Cl)cc2)cc1)NC1CCCCC1. The molecule has 0 spiro atoms. The summed E-state index contributed by atoms with van der Waals surface area (Å²) in [4.78, 5) is 0. The Morgan fingerprint density at radius 1 is 1.00 bits per heavy atom. The second kappa shape index (κ2) is 9.55. The van der Waals surface area contributed by atoms with Gasteiger partial charge in [0.2, 0.25) is 0 Å². The van der Waals surface area contributed by atoms with Gasteiger partial charge in [0.25, 0.3) is 0 Å². The first-order chi connectivity index (χ1) is 12.7. The quantitative estimate of drug-likeness (QED) is 0.417. The van der Waals surface area contributed by atoms with E-state index in [1.165, 1.54) is 32.1 Å². The number of hydrazone groups is 1. The normalized spacial score (nSPS) is 15.0. The van der Waals surface area contributed by atoms with Gasteiger partial charge in [-0.05, 0) is 79.2 Å². The van der Waals surface area contributed by atoms with Crippen LogP contribution in [0.25, 0.3) is 0 Å². The van der Waals surface area contributed by atoms with E-state index in [1.807, 2.05) is 36.4 Å². The maximum Gasteiger partial charge on any atom is 0.187 e. The van der Waals surface area contributed by atoms with Gasteiger partial charge in [-0.25, -0.2) is 0 Å². The predicted molar refractivity (Wildman–Crippen MR) is 111 cm³/mol. The van der Waals surface area contributed by atoms with E-state index in [0.29, 0.717) is 16.2 Å². The van der Waals surface area contributed by atoms with Crippen molar-refractivity contribution in [2.24, 2.45) is 5.10 Å². The van der Waals surface area contributed by atoms with Crippen LogP contribution in [0, 0.1) is 0 Å². The van der Waals surface area contributed by atoms with Crippen LogP contribution >= 0.6 is 23.8 Å². The number of thiocarbonyl (C=S) groups is 1. The summed E-state index contributed by atoms with van der Waals surface area (Å²) in [6, 6.07) is 15.4. The van der Waals surface area contributed by atoms with Gasteiger partial charge in [-0.2, -0.15) is 5.10 Å². The Balaban J connectivity index is 1.46. The molecule has 0 heterocycles. The zero-order valence-electron chi connectivity index (χ0n) is 14.5. The van der Waals surface area contributed by atoms with Gasteiger partial charge in [0.05, 0.1) is 6.21 Å². The van der Waals surface area contributed by atoms with Gasteiger partial charge >= 0.3 is 0 Å². The largest absolute Gasteiger partial charge is 0.457 e. The number of nitrogens with one attached hydrogen (secondary N) is 2. The lowest BCUT2D eigenvalue weighted by molar-refractivity contribution is 0.412. The summed E-state index contributed by atoms with van der Waals surface area (Å²) in [6.45, 7) is 0. The van der Waals surface area contributed by atoms with Crippen LogP contribution in [0.4, 0.5) is 0 Å². The van der Waals surface area contributed by atoms with Crippen molar-refractivity contribution >= 4 is 35.1 Å². The lowest BCUT2D eigenvalue weighted by Gasteiger charge is -2.23. The van der Waals surface area contributed by atoms with Crippen LogP contribution in [-0.4, -0.2) is 17.4 Å². The smallest absolute Gasteiger partial charge is 0.187 e. The average Bonchev–Trinajstić information content (AvgIpc) is 2.66. The van der Waals surface area contributed by atoms with Gasteiger partial charge in [0.15, 0.2) is 5.11 Å². The molecule has 1 saturated carbocycles. The Morgan fingerprint density at radius 3 is 2.27 bits per heavy atom. The van der Waals surface area contributed by atoms with Crippen molar-refractivity contribution in [2.45, 2.75) is 38.1 Å². The van der Waals surface area contributed by atoms with Crippen LogP contribution in [0.5, 0.6) is 11.5 Å². The molecule has 2 aromatic carbocycles. The van der Waals surface area contributed by atoms with Crippen LogP contribution in [-0.2, 0) is 0 Å².